The Morgan fingerprint density at radius 2 is 0.974 bits per heavy atom. The molecule has 0 aliphatic heterocycles. The predicted octanol–water partition coefficient (Wildman–Crippen LogP) is 11.7. The minimum absolute atomic E-state index is 0.853. The first-order chi connectivity index (χ1) is 18.7. The van der Waals surface area contributed by atoms with E-state index >= 15 is 0 Å². The topological polar surface area (TPSA) is 25.8 Å². The van der Waals surface area contributed by atoms with Crippen LogP contribution in [0.1, 0.15) is 160 Å². The molecule has 0 bridgehead atoms. The van der Waals surface area contributed by atoms with E-state index in [1.807, 2.05) is 12.4 Å². The zero-order chi connectivity index (χ0) is 27.1. The van der Waals surface area contributed by atoms with Gasteiger partial charge >= 0.3 is 0 Å². The van der Waals surface area contributed by atoms with Crippen molar-refractivity contribution in [1.29, 1.82) is 0 Å². The van der Waals surface area contributed by atoms with E-state index in [-0.39, 0.29) is 0 Å². The third-order valence-electron chi connectivity index (χ3n) is 8.35. The first-order valence-electron chi connectivity index (χ1n) is 16.6. The van der Waals surface area contributed by atoms with Crippen LogP contribution in [0.15, 0.2) is 36.7 Å². The van der Waals surface area contributed by atoms with Gasteiger partial charge in [-0.05, 0) is 42.7 Å². The molecule has 1 heterocycles. The lowest BCUT2D eigenvalue weighted by molar-refractivity contribution is 0.472. The molecule has 2 aromatic rings. The Bertz CT molecular complexity index is 780. The molecule has 0 N–H and O–H groups in total. The lowest BCUT2D eigenvalue weighted by Crippen LogP contribution is -1.94. The minimum Gasteiger partial charge on any atom is -0.236 e. The van der Waals surface area contributed by atoms with Crippen LogP contribution in [-0.2, 0) is 12.8 Å². The molecule has 2 nitrogen and oxygen atoms in total. The van der Waals surface area contributed by atoms with Crippen molar-refractivity contribution in [3.63, 3.8) is 0 Å². The Labute approximate surface area is 236 Å². The Kier molecular flexibility index (Phi) is 19.0. The summed E-state index contributed by atoms with van der Waals surface area (Å²) >= 11 is 0. The molecule has 38 heavy (non-hydrogen) atoms. The zero-order valence-electron chi connectivity index (χ0n) is 25.5. The van der Waals surface area contributed by atoms with Gasteiger partial charge in [-0.25, -0.2) is 9.97 Å². The smallest absolute Gasteiger partial charge is 0.159 e. The normalized spacial score (nSPS) is 12.2. The first-order valence-corrected chi connectivity index (χ1v) is 16.6. The van der Waals surface area contributed by atoms with E-state index in [2.05, 4.69) is 55.0 Å². The van der Waals surface area contributed by atoms with Crippen LogP contribution in [0, 0.1) is 5.92 Å². The van der Waals surface area contributed by atoms with Gasteiger partial charge in [-0.2, -0.15) is 0 Å². The lowest BCUT2D eigenvalue weighted by Gasteiger charge is -2.07. The zero-order valence-corrected chi connectivity index (χ0v) is 25.5. The maximum absolute atomic E-state index is 4.66. The molecular formula is C36H60N2. The summed E-state index contributed by atoms with van der Waals surface area (Å²) in [6, 6.07) is 8.95. The van der Waals surface area contributed by atoms with Crippen LogP contribution in [0.25, 0.3) is 11.4 Å². The summed E-state index contributed by atoms with van der Waals surface area (Å²) in [4.78, 5) is 9.33. The van der Waals surface area contributed by atoms with Crippen molar-refractivity contribution in [2.75, 3.05) is 0 Å². The summed E-state index contributed by atoms with van der Waals surface area (Å²) in [6.07, 6.45) is 34.2. The number of rotatable bonds is 24. The summed E-state index contributed by atoms with van der Waals surface area (Å²) in [5, 5.41) is 0. The average Bonchev–Trinajstić information content (AvgIpc) is 2.95. The third kappa shape index (κ3) is 15.6. The van der Waals surface area contributed by atoms with E-state index in [0.717, 1.165) is 23.7 Å². The van der Waals surface area contributed by atoms with Crippen molar-refractivity contribution >= 4 is 0 Å². The average molecular weight is 521 g/mol. The van der Waals surface area contributed by atoms with Crippen LogP contribution < -0.4 is 0 Å². The monoisotopic (exact) mass is 520 g/mol. The molecule has 2 rings (SSSR count). The number of hydrogen-bond donors (Lipinski definition) is 0. The van der Waals surface area contributed by atoms with Crippen molar-refractivity contribution in [2.45, 2.75) is 162 Å². The SMILES string of the molecule is CCCCCCCCCCCCCCCc1ccc(-c2ncc(CCCCCCCC(C)CC)cn2)cc1. The van der Waals surface area contributed by atoms with Gasteiger partial charge in [0, 0.05) is 18.0 Å². The number of aromatic nitrogens is 2. The van der Waals surface area contributed by atoms with Gasteiger partial charge in [0.2, 0.25) is 0 Å². The Morgan fingerprint density at radius 3 is 1.47 bits per heavy atom. The lowest BCUT2D eigenvalue weighted by atomic mass is 9.99. The van der Waals surface area contributed by atoms with Gasteiger partial charge in [0.15, 0.2) is 5.82 Å². The third-order valence-corrected chi connectivity index (χ3v) is 8.35. The second-order valence-electron chi connectivity index (χ2n) is 11.9. The highest BCUT2D eigenvalue weighted by atomic mass is 14.9. The standard InChI is InChI=1S/C36H60N2/c1-4-6-7-8-9-10-11-12-13-14-15-18-21-24-33-26-28-35(29-27-33)36-37-30-34(31-38-36)25-22-19-16-17-20-23-32(3)5-2/h26-32H,4-25H2,1-3H3. The predicted molar refractivity (Wildman–Crippen MR) is 168 cm³/mol. The van der Waals surface area contributed by atoms with Crippen LogP contribution in [0.4, 0.5) is 0 Å². The molecule has 0 spiro atoms. The van der Waals surface area contributed by atoms with Gasteiger partial charge in [0.25, 0.3) is 0 Å². The van der Waals surface area contributed by atoms with Gasteiger partial charge < -0.3 is 0 Å². The van der Waals surface area contributed by atoms with E-state index in [1.54, 1.807) is 0 Å². The largest absolute Gasteiger partial charge is 0.236 e. The van der Waals surface area contributed by atoms with Gasteiger partial charge in [0.1, 0.15) is 0 Å². The van der Waals surface area contributed by atoms with Gasteiger partial charge in [-0.15, -0.1) is 0 Å². The molecule has 0 radical (unpaired) electrons. The number of unbranched alkanes of at least 4 members (excludes halogenated alkanes) is 16. The second kappa shape index (κ2) is 22.2. The van der Waals surface area contributed by atoms with Crippen LogP contribution in [0.5, 0.6) is 0 Å². The minimum atomic E-state index is 0.853. The highest BCUT2D eigenvalue weighted by Gasteiger charge is 2.04. The van der Waals surface area contributed by atoms with E-state index in [0.29, 0.717) is 0 Å². The summed E-state index contributed by atoms with van der Waals surface area (Å²) in [7, 11) is 0. The highest BCUT2D eigenvalue weighted by molar-refractivity contribution is 5.55. The fourth-order valence-corrected chi connectivity index (χ4v) is 5.36. The maximum atomic E-state index is 4.66. The number of nitrogens with zero attached hydrogens (tertiary/aromatic N) is 2. The molecule has 1 atom stereocenters. The molecule has 0 amide bonds. The first kappa shape index (κ1) is 32.5. The molecule has 2 heteroatoms. The maximum Gasteiger partial charge on any atom is 0.159 e. The summed E-state index contributed by atoms with van der Waals surface area (Å²) in [5.41, 5.74) is 3.84. The molecule has 0 saturated carbocycles. The molecule has 0 aliphatic carbocycles. The molecule has 0 saturated heterocycles. The van der Waals surface area contributed by atoms with Crippen LogP contribution in [0.2, 0.25) is 0 Å². The Balaban J connectivity index is 1.51. The molecule has 214 valence electrons. The van der Waals surface area contributed by atoms with Crippen molar-refractivity contribution < 1.29 is 0 Å². The Hall–Kier alpha value is -1.70. The summed E-state index contributed by atoms with van der Waals surface area (Å²) in [5.74, 6) is 1.75. The Morgan fingerprint density at radius 1 is 0.526 bits per heavy atom. The fraction of sp³-hybridized carbons (Fsp3) is 0.722. The molecule has 1 aromatic heterocycles. The van der Waals surface area contributed by atoms with Crippen molar-refractivity contribution in [3.05, 3.63) is 47.8 Å². The van der Waals surface area contributed by atoms with E-state index in [9.17, 15) is 0 Å². The summed E-state index contributed by atoms with van der Waals surface area (Å²) < 4.78 is 0. The quantitative estimate of drug-likeness (QED) is 0.129. The van der Waals surface area contributed by atoms with Crippen LogP contribution in [0.3, 0.4) is 0 Å². The second-order valence-corrected chi connectivity index (χ2v) is 11.9. The summed E-state index contributed by atoms with van der Waals surface area (Å²) in [6.45, 7) is 6.97. The van der Waals surface area contributed by atoms with E-state index < -0.39 is 0 Å². The van der Waals surface area contributed by atoms with Gasteiger partial charge in [0.05, 0.1) is 0 Å². The fourth-order valence-electron chi connectivity index (χ4n) is 5.36. The van der Waals surface area contributed by atoms with E-state index in [4.69, 9.17) is 0 Å². The molecular weight excluding hydrogens is 460 g/mol. The van der Waals surface area contributed by atoms with Crippen LogP contribution in [-0.4, -0.2) is 9.97 Å². The molecule has 1 aromatic carbocycles. The van der Waals surface area contributed by atoms with Crippen molar-refractivity contribution in [3.8, 4) is 11.4 Å². The van der Waals surface area contributed by atoms with Crippen molar-refractivity contribution in [2.24, 2.45) is 5.92 Å². The van der Waals surface area contributed by atoms with Gasteiger partial charge in [-0.3, -0.25) is 0 Å². The van der Waals surface area contributed by atoms with E-state index in [1.165, 1.54) is 146 Å². The van der Waals surface area contributed by atoms with Crippen molar-refractivity contribution in [1.82, 2.24) is 9.97 Å². The molecule has 0 fully saturated rings. The van der Waals surface area contributed by atoms with Gasteiger partial charge in [-0.1, -0.05) is 161 Å². The van der Waals surface area contributed by atoms with Crippen LogP contribution >= 0.6 is 0 Å². The molecule has 1 unspecified atom stereocenters. The number of benzene rings is 1. The number of hydrogen-bond acceptors (Lipinski definition) is 2. The number of aryl methyl sites for hydroxylation is 2. The highest BCUT2D eigenvalue weighted by Crippen LogP contribution is 2.19. The molecule has 0 aliphatic rings.